The van der Waals surface area contributed by atoms with Gasteiger partial charge in [0.1, 0.15) is 22.7 Å². The Hall–Kier alpha value is -3.14. The molecule has 0 fully saturated rings. The molecule has 0 saturated heterocycles. The third kappa shape index (κ3) is 7.86. The van der Waals surface area contributed by atoms with Crippen LogP contribution in [0.3, 0.4) is 0 Å². The Balaban J connectivity index is 0.000000180. The second kappa shape index (κ2) is 16.1. The van der Waals surface area contributed by atoms with Gasteiger partial charge in [-0.05, 0) is 48.2 Å². The number of halogens is 2. The summed E-state index contributed by atoms with van der Waals surface area (Å²) in [4.78, 5) is 0. The molecule has 2 heterocycles. The Bertz CT molecular complexity index is 1990. The maximum atomic E-state index is 6.01. The summed E-state index contributed by atoms with van der Waals surface area (Å²) in [5.74, 6) is 1.90. The largest absolute Gasteiger partial charge is 1.00 e. The van der Waals surface area contributed by atoms with Crippen LogP contribution in [0.4, 0.5) is 0 Å². The molecule has 0 saturated carbocycles. The van der Waals surface area contributed by atoms with Crippen LogP contribution in [0.25, 0.3) is 66.1 Å². The summed E-state index contributed by atoms with van der Waals surface area (Å²) in [5.41, 5.74) is 7.22. The molecule has 232 valence electrons. The van der Waals surface area contributed by atoms with E-state index in [0.717, 1.165) is 46.3 Å². The summed E-state index contributed by atoms with van der Waals surface area (Å²) in [5, 5.41) is 7.45. The summed E-state index contributed by atoms with van der Waals surface area (Å²) in [7, 11) is 0. The zero-order valence-corrected chi connectivity index (χ0v) is 31.5. The van der Waals surface area contributed by atoms with Gasteiger partial charge in [-0.2, -0.15) is 12.1 Å². The van der Waals surface area contributed by atoms with Crippen molar-refractivity contribution in [2.75, 3.05) is 0 Å². The average Bonchev–Trinajstić information content (AvgIpc) is 3.83. The molecule has 0 atom stereocenters. The number of aryl methyl sites for hydroxylation is 2. The quantitative estimate of drug-likeness (QED) is 0.167. The number of benzene rings is 4. The first-order chi connectivity index (χ1) is 21.4. The summed E-state index contributed by atoms with van der Waals surface area (Å²) >= 11 is 1.74. The molecule has 0 spiro atoms. The molecule has 0 bridgehead atoms. The van der Waals surface area contributed by atoms with Crippen molar-refractivity contribution in [2.45, 2.75) is 39.8 Å². The van der Waals surface area contributed by atoms with Gasteiger partial charge in [-0.15, -0.1) is 69.1 Å². The van der Waals surface area contributed by atoms with Crippen LogP contribution in [0, 0.1) is 0 Å². The van der Waals surface area contributed by atoms with Crippen molar-refractivity contribution in [1.82, 2.24) is 0 Å². The van der Waals surface area contributed by atoms with E-state index in [2.05, 4.69) is 112 Å². The first-order valence-electron chi connectivity index (χ1n) is 15.3. The van der Waals surface area contributed by atoms with Crippen LogP contribution < -0.4 is 24.8 Å². The molecule has 6 heteroatoms. The van der Waals surface area contributed by atoms with Gasteiger partial charge in [-0.3, -0.25) is 0 Å². The Morgan fingerprint density at radius 3 is 1.33 bits per heavy atom. The van der Waals surface area contributed by atoms with E-state index < -0.39 is 0 Å². The first kappa shape index (κ1) is 35.7. The number of rotatable bonds is 4. The van der Waals surface area contributed by atoms with Gasteiger partial charge in [-0.1, -0.05) is 62.4 Å². The maximum absolute atomic E-state index is 6.01. The van der Waals surface area contributed by atoms with Crippen LogP contribution in [0.15, 0.2) is 130 Å². The number of hydrogen-bond donors (Lipinski definition) is 0. The van der Waals surface area contributed by atoms with Crippen LogP contribution >= 0.6 is 0 Å². The van der Waals surface area contributed by atoms with Gasteiger partial charge in [0.25, 0.3) is 0 Å². The fourth-order valence-corrected chi connectivity index (χ4v) is 5.66. The molecule has 46 heavy (non-hydrogen) atoms. The molecule has 0 aliphatic heterocycles. The number of fused-ring (bicyclic) bond motifs is 4. The molecule has 0 amide bonds. The molecule has 0 radical (unpaired) electrons. The molecule has 6 aromatic carbocycles. The van der Waals surface area contributed by atoms with Crippen LogP contribution in [0.2, 0.25) is 13.1 Å². The maximum Gasteiger partial charge on any atom is -1.00 e. The predicted molar refractivity (Wildman–Crippen MR) is 186 cm³/mol. The van der Waals surface area contributed by atoms with Crippen molar-refractivity contribution >= 4 is 48.9 Å². The second-order valence-electron chi connectivity index (χ2n) is 11.3. The van der Waals surface area contributed by atoms with Crippen LogP contribution in [-0.4, -0.2) is 5.43 Å². The van der Waals surface area contributed by atoms with Crippen molar-refractivity contribution in [2.24, 2.45) is 0 Å². The SMILES string of the molecule is CCc1cc2c(-c3cc4ccccc4o3)cccc2[cH-]1.CCc1cc2c(-c3cc4ccccc4o3)cccc2[cH-]1.C[Si](C)=[Zr+2].[Cl-].[Cl-]. The Kier molecular flexibility index (Phi) is 12.5. The molecule has 2 aromatic heterocycles. The smallest absolute Gasteiger partial charge is 1.00 e. The number of hydrogen-bond acceptors (Lipinski definition) is 2. The fraction of sp³-hybridized carbons (Fsp3) is 0.150. The monoisotopic (exact) mass is 736 g/mol. The summed E-state index contributed by atoms with van der Waals surface area (Å²) in [6.07, 6.45) is 2.13. The molecule has 8 rings (SSSR count). The predicted octanol–water partition coefficient (Wildman–Crippen LogP) is 5.86. The van der Waals surface area contributed by atoms with Gasteiger partial charge in [0.05, 0.1) is 0 Å². The van der Waals surface area contributed by atoms with Gasteiger partial charge in [0, 0.05) is 10.8 Å². The molecule has 8 aromatic rings. The minimum atomic E-state index is 0. The van der Waals surface area contributed by atoms with E-state index in [0.29, 0.717) is 0 Å². The van der Waals surface area contributed by atoms with Crippen molar-refractivity contribution in [3.05, 3.63) is 132 Å². The van der Waals surface area contributed by atoms with Gasteiger partial charge in [-0.25, -0.2) is 0 Å². The van der Waals surface area contributed by atoms with E-state index in [1.165, 1.54) is 43.8 Å². The molecule has 0 N–H and O–H groups in total. The zero-order valence-electron chi connectivity index (χ0n) is 26.5. The van der Waals surface area contributed by atoms with E-state index >= 15 is 0 Å². The molecular formula is C40H36Cl2O2SiZr-2. The summed E-state index contributed by atoms with van der Waals surface area (Å²) in [6.45, 7) is 9.00. The average molecular weight is 739 g/mol. The van der Waals surface area contributed by atoms with Gasteiger partial charge < -0.3 is 33.6 Å². The fourth-order valence-electron chi connectivity index (χ4n) is 5.66. The van der Waals surface area contributed by atoms with E-state index in [4.69, 9.17) is 8.83 Å². The van der Waals surface area contributed by atoms with Gasteiger partial charge in [0.15, 0.2) is 0 Å². The zero-order chi connectivity index (χ0) is 30.6. The molecule has 0 aliphatic rings. The molecular weight excluding hydrogens is 703 g/mol. The minimum Gasteiger partial charge on any atom is -1.00 e. The third-order valence-electron chi connectivity index (χ3n) is 7.82. The minimum absolute atomic E-state index is 0. The van der Waals surface area contributed by atoms with E-state index in [1.54, 1.807) is 23.3 Å². The van der Waals surface area contributed by atoms with E-state index in [-0.39, 0.29) is 30.2 Å². The number of furan rings is 2. The van der Waals surface area contributed by atoms with Gasteiger partial charge >= 0.3 is 41.9 Å². The Morgan fingerprint density at radius 1 is 0.565 bits per heavy atom. The topological polar surface area (TPSA) is 26.3 Å². The van der Waals surface area contributed by atoms with Crippen molar-refractivity contribution in [1.29, 1.82) is 0 Å². The molecule has 0 unspecified atom stereocenters. The Morgan fingerprint density at radius 2 is 0.957 bits per heavy atom. The van der Waals surface area contributed by atoms with Crippen LogP contribution in [0.1, 0.15) is 25.0 Å². The van der Waals surface area contributed by atoms with E-state index in [9.17, 15) is 0 Å². The molecule has 2 nitrogen and oxygen atoms in total. The summed E-state index contributed by atoms with van der Waals surface area (Å²) < 4.78 is 12.0. The second-order valence-corrected chi connectivity index (χ2v) is 20.7. The molecule has 0 aliphatic carbocycles. The number of para-hydroxylation sites is 2. The Labute approximate surface area is 298 Å². The van der Waals surface area contributed by atoms with Gasteiger partial charge in [0.2, 0.25) is 0 Å². The standard InChI is InChI=1S/2C19H15O.C2H6Si.2ClH.Zr/c2*1-2-13-10-14-7-5-8-16(17(14)11-13)19-12-15-6-3-4-9-18(15)20-19;1-3-2;;;/h2*3-12H,2H2,1H3;1-2H3;2*1H;/q2*-1;;;;+2/p-2. The van der Waals surface area contributed by atoms with Crippen LogP contribution in [-0.2, 0) is 36.2 Å². The van der Waals surface area contributed by atoms with Crippen molar-refractivity contribution < 1.29 is 57.0 Å². The summed E-state index contributed by atoms with van der Waals surface area (Å²) in [6, 6.07) is 42.5. The third-order valence-corrected chi connectivity index (χ3v) is 7.82. The van der Waals surface area contributed by atoms with Crippen LogP contribution in [0.5, 0.6) is 0 Å². The normalized spacial score (nSPS) is 10.6. The first-order valence-corrected chi connectivity index (χ1v) is 21.5. The van der Waals surface area contributed by atoms with Crippen molar-refractivity contribution in [3.63, 3.8) is 0 Å². The van der Waals surface area contributed by atoms with Crippen molar-refractivity contribution in [3.8, 4) is 22.6 Å². The van der Waals surface area contributed by atoms with E-state index in [1.807, 2.05) is 36.4 Å².